The van der Waals surface area contributed by atoms with Gasteiger partial charge in [0.15, 0.2) is 11.6 Å². The molecule has 2 bridgehead atoms. The second kappa shape index (κ2) is 7.31. The number of aryl methyl sites for hydroxylation is 2. The number of nitrogens with zero attached hydrogens (tertiary/aromatic N) is 4. The molecule has 1 aliphatic carbocycles. The van der Waals surface area contributed by atoms with Crippen molar-refractivity contribution in [2.24, 2.45) is 13.0 Å². The van der Waals surface area contributed by atoms with Crippen molar-refractivity contribution < 1.29 is 9.47 Å². The average molecular weight is 415 g/mol. The van der Waals surface area contributed by atoms with Crippen LogP contribution in [0.2, 0.25) is 0 Å². The summed E-state index contributed by atoms with van der Waals surface area (Å²) in [5, 5.41) is 14.5. The normalized spacial score (nSPS) is 21.9. The summed E-state index contributed by atoms with van der Waals surface area (Å²) >= 11 is 0. The zero-order valence-electron chi connectivity index (χ0n) is 17.9. The van der Waals surface area contributed by atoms with Crippen molar-refractivity contribution in [3.63, 3.8) is 0 Å². The minimum atomic E-state index is -0.280. The number of hydrogen-bond acceptors (Lipinski definition) is 6. The quantitative estimate of drug-likeness (QED) is 0.593. The van der Waals surface area contributed by atoms with Gasteiger partial charge >= 0.3 is 0 Å². The fourth-order valence-electron chi connectivity index (χ4n) is 4.53. The molecule has 7 nitrogen and oxygen atoms in total. The van der Waals surface area contributed by atoms with Gasteiger partial charge in [-0.3, -0.25) is 4.68 Å². The first-order valence-electron chi connectivity index (χ1n) is 10.6. The van der Waals surface area contributed by atoms with Crippen LogP contribution in [0.3, 0.4) is 0 Å². The Morgan fingerprint density at radius 1 is 1.19 bits per heavy atom. The number of nitrogen functional groups attached to an aromatic ring is 1. The zero-order chi connectivity index (χ0) is 21.7. The predicted molar refractivity (Wildman–Crippen MR) is 117 cm³/mol. The highest BCUT2D eigenvalue weighted by atomic mass is 16.5. The molecule has 2 aromatic heterocycles. The summed E-state index contributed by atoms with van der Waals surface area (Å²) in [6.07, 6.45) is 4.34. The summed E-state index contributed by atoms with van der Waals surface area (Å²) in [5.74, 6) is 1.98. The summed E-state index contributed by atoms with van der Waals surface area (Å²) in [6.45, 7) is 4.05. The van der Waals surface area contributed by atoms with E-state index in [0.717, 1.165) is 53.0 Å². The highest BCUT2D eigenvalue weighted by Crippen LogP contribution is 2.41. The number of pyridine rings is 1. The maximum atomic E-state index is 9.79. The molecule has 7 heteroatoms. The Labute approximate surface area is 181 Å². The zero-order valence-corrected chi connectivity index (χ0v) is 17.9. The molecule has 2 aliphatic rings. The van der Waals surface area contributed by atoms with Gasteiger partial charge in [0.1, 0.15) is 29.7 Å². The molecule has 5 rings (SSSR count). The lowest BCUT2D eigenvalue weighted by Gasteiger charge is -2.37. The number of anilines is 1. The molecule has 3 heterocycles. The van der Waals surface area contributed by atoms with E-state index in [1.807, 2.05) is 19.1 Å². The molecule has 31 heavy (non-hydrogen) atoms. The molecular formula is C24H25N5O2. The number of aromatic nitrogens is 3. The first-order valence-corrected chi connectivity index (χ1v) is 10.6. The van der Waals surface area contributed by atoms with Crippen molar-refractivity contribution in [1.82, 2.24) is 14.8 Å². The van der Waals surface area contributed by atoms with Crippen LogP contribution in [0.25, 0.3) is 11.1 Å². The van der Waals surface area contributed by atoms with E-state index in [4.69, 9.17) is 15.2 Å². The summed E-state index contributed by atoms with van der Waals surface area (Å²) < 4.78 is 14.4. The van der Waals surface area contributed by atoms with Crippen LogP contribution < -0.4 is 15.2 Å². The van der Waals surface area contributed by atoms with Crippen molar-refractivity contribution in [2.45, 2.75) is 45.3 Å². The molecule has 1 aromatic carbocycles. The van der Waals surface area contributed by atoms with Gasteiger partial charge in [0, 0.05) is 35.9 Å². The largest absolute Gasteiger partial charge is 0.490 e. The van der Waals surface area contributed by atoms with Crippen molar-refractivity contribution in [1.29, 1.82) is 5.26 Å². The third kappa shape index (κ3) is 3.28. The highest BCUT2D eigenvalue weighted by molar-refractivity contribution is 5.73. The fraction of sp³-hybridized carbons (Fsp3) is 0.375. The predicted octanol–water partition coefficient (Wildman–Crippen LogP) is 4.10. The van der Waals surface area contributed by atoms with Crippen LogP contribution >= 0.6 is 0 Å². The van der Waals surface area contributed by atoms with Gasteiger partial charge in [0.2, 0.25) is 0 Å². The standard InChI is InChI=1S/C24H25N5O2/c1-13-4-6-21-17(8-13)14(2)30-22-10-16(12-27-24(22)26)23-18(28-29(3)19(23)11-25)9-15-5-7-20(15)31-21/h4,6,8,10,12,14-15,20H,5,7,9H2,1-3H3,(H2,26,27)/t14-,15?,20?/m1/s1. The topological polar surface area (TPSA) is 99.0 Å². The molecule has 1 fully saturated rings. The van der Waals surface area contributed by atoms with Crippen LogP contribution in [0.15, 0.2) is 30.5 Å². The fourth-order valence-corrected chi connectivity index (χ4v) is 4.53. The first kappa shape index (κ1) is 19.4. The van der Waals surface area contributed by atoms with Crippen LogP contribution in [-0.2, 0) is 13.5 Å². The van der Waals surface area contributed by atoms with Gasteiger partial charge in [-0.25, -0.2) is 4.98 Å². The van der Waals surface area contributed by atoms with Crippen LogP contribution in [-0.4, -0.2) is 20.9 Å². The summed E-state index contributed by atoms with van der Waals surface area (Å²) in [4.78, 5) is 4.37. The smallest absolute Gasteiger partial charge is 0.166 e. The molecule has 158 valence electrons. The SMILES string of the molecule is Cc1ccc2c(c1)[C@@H](C)Oc1cc(cnc1N)-c1c(nn(C)c1C#N)CC1CCC1O2. The Balaban J connectivity index is 1.69. The van der Waals surface area contributed by atoms with Crippen LogP contribution in [0.1, 0.15) is 48.4 Å². The lowest BCUT2D eigenvalue weighted by atomic mass is 9.78. The van der Waals surface area contributed by atoms with Crippen molar-refractivity contribution in [2.75, 3.05) is 5.73 Å². The summed E-state index contributed by atoms with van der Waals surface area (Å²) in [7, 11) is 1.80. The molecule has 2 N–H and O–H groups in total. The van der Waals surface area contributed by atoms with Gasteiger partial charge in [-0.15, -0.1) is 0 Å². The third-order valence-corrected chi connectivity index (χ3v) is 6.38. The number of nitrogens with two attached hydrogens (primary N) is 1. The maximum Gasteiger partial charge on any atom is 0.166 e. The van der Waals surface area contributed by atoms with E-state index in [-0.39, 0.29) is 12.2 Å². The van der Waals surface area contributed by atoms with E-state index in [2.05, 4.69) is 35.2 Å². The number of rotatable bonds is 0. The maximum absolute atomic E-state index is 9.79. The second-order valence-electron chi connectivity index (χ2n) is 8.51. The van der Waals surface area contributed by atoms with E-state index in [9.17, 15) is 5.26 Å². The number of nitriles is 1. The molecule has 0 spiro atoms. The highest BCUT2D eigenvalue weighted by Gasteiger charge is 2.36. The van der Waals surface area contributed by atoms with E-state index in [0.29, 0.717) is 23.2 Å². The van der Waals surface area contributed by atoms with Crippen LogP contribution in [0.5, 0.6) is 11.5 Å². The summed E-state index contributed by atoms with van der Waals surface area (Å²) in [5.41, 5.74) is 11.3. The monoisotopic (exact) mass is 415 g/mol. The molecule has 2 unspecified atom stereocenters. The summed E-state index contributed by atoms with van der Waals surface area (Å²) in [6, 6.07) is 10.3. The van der Waals surface area contributed by atoms with Gasteiger partial charge in [-0.05, 0) is 51.3 Å². The Morgan fingerprint density at radius 2 is 2.03 bits per heavy atom. The molecule has 1 aliphatic heterocycles. The number of ether oxygens (including phenoxy) is 2. The molecule has 1 saturated carbocycles. The number of fused-ring (bicyclic) bond motifs is 6. The van der Waals surface area contributed by atoms with Gasteiger partial charge in [0.25, 0.3) is 0 Å². The Morgan fingerprint density at radius 3 is 2.77 bits per heavy atom. The van der Waals surface area contributed by atoms with Crippen LogP contribution in [0, 0.1) is 24.2 Å². The Bertz CT molecular complexity index is 1210. The van der Waals surface area contributed by atoms with Crippen LogP contribution in [0.4, 0.5) is 5.82 Å². The average Bonchev–Trinajstić information content (AvgIpc) is 3.06. The molecule has 0 amide bonds. The lowest BCUT2D eigenvalue weighted by Crippen LogP contribution is -2.38. The minimum absolute atomic E-state index is 0.112. The Kier molecular flexibility index (Phi) is 4.58. The molecule has 0 radical (unpaired) electrons. The number of benzene rings is 1. The van der Waals surface area contributed by atoms with E-state index >= 15 is 0 Å². The van der Waals surface area contributed by atoms with Gasteiger partial charge in [-0.1, -0.05) is 11.6 Å². The van der Waals surface area contributed by atoms with Crippen molar-refractivity contribution in [3.05, 3.63) is 53.0 Å². The number of hydrogen-bond donors (Lipinski definition) is 1. The molecule has 0 saturated heterocycles. The first-order chi connectivity index (χ1) is 14.9. The molecule has 3 atom stereocenters. The molecular weight excluding hydrogens is 390 g/mol. The van der Waals surface area contributed by atoms with Crippen molar-refractivity contribution >= 4 is 5.82 Å². The molecule has 3 aromatic rings. The lowest BCUT2D eigenvalue weighted by molar-refractivity contribution is 0.0437. The van der Waals surface area contributed by atoms with Crippen molar-refractivity contribution in [3.8, 4) is 28.7 Å². The van der Waals surface area contributed by atoms with E-state index in [1.54, 1.807) is 17.9 Å². The Hall–Kier alpha value is -3.53. The van der Waals surface area contributed by atoms with Gasteiger partial charge in [0.05, 0.1) is 5.69 Å². The van der Waals surface area contributed by atoms with Gasteiger partial charge < -0.3 is 15.2 Å². The second-order valence-corrected chi connectivity index (χ2v) is 8.51. The van der Waals surface area contributed by atoms with Gasteiger partial charge in [-0.2, -0.15) is 10.4 Å². The van der Waals surface area contributed by atoms with E-state index in [1.165, 1.54) is 0 Å². The third-order valence-electron chi connectivity index (χ3n) is 6.38. The van der Waals surface area contributed by atoms with E-state index < -0.39 is 0 Å². The minimum Gasteiger partial charge on any atom is -0.490 e.